The lowest BCUT2D eigenvalue weighted by molar-refractivity contribution is -0.119. The van der Waals surface area contributed by atoms with Crippen LogP contribution in [0.15, 0.2) is 54.6 Å². The summed E-state index contributed by atoms with van der Waals surface area (Å²) in [5, 5.41) is 5.87. The Morgan fingerprint density at radius 1 is 0.939 bits per heavy atom. The van der Waals surface area contributed by atoms with E-state index >= 15 is 0 Å². The number of methoxy groups -OCH3 is 1. The Hall–Kier alpha value is -4.00. The predicted molar refractivity (Wildman–Crippen MR) is 125 cm³/mol. The molecule has 0 saturated heterocycles. The van der Waals surface area contributed by atoms with Crippen molar-refractivity contribution in [1.82, 2.24) is 0 Å². The van der Waals surface area contributed by atoms with Crippen LogP contribution in [0.4, 0.5) is 15.8 Å². The molecular weight excluding hydrogens is 423 g/mol. The zero-order valence-corrected chi connectivity index (χ0v) is 18.7. The molecule has 0 fully saturated rings. The Morgan fingerprint density at radius 2 is 1.64 bits per heavy atom. The highest BCUT2D eigenvalue weighted by Crippen LogP contribution is 2.42. The first-order valence-electron chi connectivity index (χ1n) is 10.4. The van der Waals surface area contributed by atoms with Crippen molar-refractivity contribution in [3.8, 4) is 16.9 Å². The van der Waals surface area contributed by atoms with Gasteiger partial charge in [0.15, 0.2) is 0 Å². The van der Waals surface area contributed by atoms with Crippen LogP contribution in [0.2, 0.25) is 0 Å². The molecule has 3 aromatic carbocycles. The largest absolute Gasteiger partial charge is 0.496 e. The molecule has 7 heteroatoms. The van der Waals surface area contributed by atoms with Crippen LogP contribution in [0.1, 0.15) is 40.1 Å². The highest BCUT2D eigenvalue weighted by atomic mass is 19.1. The van der Waals surface area contributed by atoms with Gasteiger partial charge in [-0.25, -0.2) is 4.39 Å². The van der Waals surface area contributed by atoms with Crippen molar-refractivity contribution in [3.63, 3.8) is 0 Å². The Labute approximate surface area is 190 Å². The minimum Gasteiger partial charge on any atom is -0.496 e. The van der Waals surface area contributed by atoms with Crippen molar-refractivity contribution in [2.75, 3.05) is 17.7 Å². The number of rotatable bonds is 5. The molecule has 3 aromatic rings. The smallest absolute Gasteiger partial charge is 0.249 e. The topological polar surface area (TPSA) is 84.5 Å². The molecule has 0 bridgehead atoms. The SMILES string of the molecule is COc1ccc(F)cc1-c1ccc2c(c1C(=O)C(=O)c1ccc(C)cc1)NC(=O)C(C)(C)N2. The summed E-state index contributed by atoms with van der Waals surface area (Å²) in [6, 6.07) is 13.9. The first-order chi connectivity index (χ1) is 15.6. The number of hydrogen-bond acceptors (Lipinski definition) is 5. The molecule has 1 aliphatic rings. The van der Waals surface area contributed by atoms with E-state index in [1.165, 1.54) is 25.3 Å². The van der Waals surface area contributed by atoms with Gasteiger partial charge in [-0.1, -0.05) is 35.9 Å². The third-order valence-electron chi connectivity index (χ3n) is 5.66. The number of amides is 1. The summed E-state index contributed by atoms with van der Waals surface area (Å²) in [7, 11) is 1.43. The summed E-state index contributed by atoms with van der Waals surface area (Å²) in [6.07, 6.45) is 0. The van der Waals surface area contributed by atoms with E-state index < -0.39 is 22.9 Å². The van der Waals surface area contributed by atoms with Crippen LogP contribution < -0.4 is 15.4 Å². The van der Waals surface area contributed by atoms with Crippen molar-refractivity contribution in [1.29, 1.82) is 0 Å². The van der Waals surface area contributed by atoms with Gasteiger partial charge in [-0.05, 0) is 50.6 Å². The lowest BCUT2D eigenvalue weighted by atomic mass is 9.88. The number of ether oxygens (including phenoxy) is 1. The molecule has 0 atom stereocenters. The number of anilines is 2. The molecule has 168 valence electrons. The second kappa shape index (κ2) is 8.16. The van der Waals surface area contributed by atoms with E-state index in [0.29, 0.717) is 17.0 Å². The maximum atomic E-state index is 14.2. The summed E-state index contributed by atoms with van der Waals surface area (Å²) < 4.78 is 19.6. The van der Waals surface area contributed by atoms with Gasteiger partial charge >= 0.3 is 0 Å². The number of halogens is 1. The average molecular weight is 446 g/mol. The van der Waals surface area contributed by atoms with Crippen molar-refractivity contribution in [3.05, 3.63) is 77.1 Å². The molecule has 4 rings (SSSR count). The van der Waals surface area contributed by atoms with Gasteiger partial charge in [-0.2, -0.15) is 0 Å². The minimum absolute atomic E-state index is 0.0293. The van der Waals surface area contributed by atoms with Crippen LogP contribution in [0.25, 0.3) is 11.1 Å². The third kappa shape index (κ3) is 3.98. The zero-order chi connectivity index (χ0) is 23.9. The highest BCUT2D eigenvalue weighted by molar-refractivity contribution is 6.51. The number of Topliss-reactive ketones (excluding diaryl/α,β-unsaturated/α-hetero) is 2. The highest BCUT2D eigenvalue weighted by Gasteiger charge is 2.37. The Balaban J connectivity index is 1.96. The van der Waals surface area contributed by atoms with Gasteiger partial charge in [0.1, 0.15) is 17.1 Å². The van der Waals surface area contributed by atoms with Gasteiger partial charge in [0.25, 0.3) is 0 Å². The lowest BCUT2D eigenvalue weighted by Crippen LogP contribution is -2.48. The maximum Gasteiger partial charge on any atom is 0.249 e. The first-order valence-corrected chi connectivity index (χ1v) is 10.4. The fraction of sp³-hybridized carbons (Fsp3) is 0.192. The van der Waals surface area contributed by atoms with Crippen molar-refractivity contribution in [2.45, 2.75) is 26.3 Å². The molecule has 0 unspecified atom stereocenters. The van der Waals surface area contributed by atoms with E-state index in [1.807, 2.05) is 6.92 Å². The van der Waals surface area contributed by atoms with E-state index in [-0.39, 0.29) is 28.3 Å². The Morgan fingerprint density at radius 3 is 2.30 bits per heavy atom. The Bertz CT molecular complexity index is 1300. The normalized spacial score (nSPS) is 14.0. The fourth-order valence-corrected chi connectivity index (χ4v) is 3.80. The van der Waals surface area contributed by atoms with Gasteiger partial charge in [0, 0.05) is 11.1 Å². The predicted octanol–water partition coefficient (Wildman–Crippen LogP) is 5.02. The van der Waals surface area contributed by atoms with Crippen LogP contribution in [0, 0.1) is 12.7 Å². The summed E-state index contributed by atoms with van der Waals surface area (Å²) in [5.74, 6) is -2.13. The fourth-order valence-electron chi connectivity index (χ4n) is 3.80. The van der Waals surface area contributed by atoms with Gasteiger partial charge in [-0.15, -0.1) is 0 Å². The van der Waals surface area contributed by atoms with Crippen LogP contribution in [0.5, 0.6) is 5.75 Å². The summed E-state index contributed by atoms with van der Waals surface area (Å²) in [4.78, 5) is 39.5. The molecule has 0 aromatic heterocycles. The number of benzene rings is 3. The van der Waals surface area contributed by atoms with Crippen molar-refractivity contribution in [2.24, 2.45) is 0 Å². The van der Waals surface area contributed by atoms with Gasteiger partial charge in [0.2, 0.25) is 17.5 Å². The first kappa shape index (κ1) is 22.2. The molecule has 2 N–H and O–H groups in total. The molecular formula is C26H23FN2O4. The third-order valence-corrected chi connectivity index (χ3v) is 5.66. The minimum atomic E-state index is -0.924. The molecule has 0 spiro atoms. The van der Waals surface area contributed by atoms with Crippen molar-refractivity contribution >= 4 is 28.8 Å². The average Bonchev–Trinajstić information content (AvgIpc) is 2.78. The Kier molecular flexibility index (Phi) is 5.49. The quantitative estimate of drug-likeness (QED) is 0.425. The van der Waals surface area contributed by atoms with E-state index in [2.05, 4.69) is 10.6 Å². The number of nitrogens with one attached hydrogen (secondary N) is 2. The molecule has 33 heavy (non-hydrogen) atoms. The van der Waals surface area contributed by atoms with E-state index in [0.717, 1.165) is 5.56 Å². The van der Waals surface area contributed by atoms with Crippen LogP contribution >= 0.6 is 0 Å². The van der Waals surface area contributed by atoms with E-state index in [1.54, 1.807) is 50.2 Å². The van der Waals surface area contributed by atoms with E-state index in [4.69, 9.17) is 4.74 Å². The number of carbonyl (C=O) groups is 3. The number of ketones is 2. The number of fused-ring (bicyclic) bond motifs is 1. The summed E-state index contributed by atoms with van der Waals surface area (Å²) in [5.41, 5.74) is 1.44. The van der Waals surface area contributed by atoms with Crippen LogP contribution in [0.3, 0.4) is 0 Å². The molecule has 6 nitrogen and oxygen atoms in total. The molecule has 0 saturated carbocycles. The lowest BCUT2D eigenvalue weighted by Gasteiger charge is -2.34. The standard InChI is InChI=1S/C26H23FN2O4/c1-14-5-7-15(8-6-14)23(30)24(31)21-17(18-13-16(27)9-12-20(18)33-4)10-11-19-22(21)28-25(32)26(2,3)29-19/h5-13,29H,1-4H3,(H,28,32). The number of aryl methyl sites for hydroxylation is 1. The zero-order valence-electron chi connectivity index (χ0n) is 18.7. The number of hydrogen-bond donors (Lipinski definition) is 2. The molecule has 0 radical (unpaired) electrons. The molecule has 0 aliphatic carbocycles. The second-order valence-electron chi connectivity index (χ2n) is 8.48. The summed E-state index contributed by atoms with van der Waals surface area (Å²) in [6.45, 7) is 5.28. The summed E-state index contributed by atoms with van der Waals surface area (Å²) >= 11 is 0. The monoisotopic (exact) mass is 446 g/mol. The molecule has 1 amide bonds. The second-order valence-corrected chi connectivity index (χ2v) is 8.48. The van der Waals surface area contributed by atoms with Crippen molar-refractivity contribution < 1.29 is 23.5 Å². The van der Waals surface area contributed by atoms with Gasteiger partial charge in [0.05, 0.1) is 24.0 Å². The van der Waals surface area contributed by atoms with Crippen LogP contribution in [-0.4, -0.2) is 30.1 Å². The maximum absolute atomic E-state index is 14.2. The molecule has 1 heterocycles. The number of carbonyl (C=O) groups excluding carboxylic acids is 3. The van der Waals surface area contributed by atoms with E-state index in [9.17, 15) is 18.8 Å². The van der Waals surface area contributed by atoms with Crippen LogP contribution in [-0.2, 0) is 4.79 Å². The molecule has 1 aliphatic heterocycles. The van der Waals surface area contributed by atoms with Gasteiger partial charge < -0.3 is 15.4 Å². The van der Waals surface area contributed by atoms with Gasteiger partial charge in [-0.3, -0.25) is 14.4 Å².